The van der Waals surface area contributed by atoms with Crippen LogP contribution in [0.2, 0.25) is 0 Å². The summed E-state index contributed by atoms with van der Waals surface area (Å²) in [7, 11) is -1.85. The Morgan fingerprint density at radius 3 is 1.32 bits per heavy atom. The Morgan fingerprint density at radius 1 is 0.526 bits per heavy atom. The summed E-state index contributed by atoms with van der Waals surface area (Å²) < 4.78 is 0. The van der Waals surface area contributed by atoms with E-state index in [1.54, 1.807) is 12.1 Å². The standard InChI is InChI=1S/C34H33NO2P/c36-33-31-18-10-11-19-32(31)34(37)35(33)24-26-20-22-27(23-21-26)25-38(28-12-4-1-5-13-28,29-14-6-2-7-15-29)30-16-8-3-9-17-30/h1-19,26-27H,20-25H2/q+1. The van der Waals surface area contributed by atoms with Gasteiger partial charge in [0.1, 0.15) is 23.2 Å². The van der Waals surface area contributed by atoms with E-state index in [4.69, 9.17) is 0 Å². The minimum atomic E-state index is -1.85. The molecule has 4 heteroatoms. The summed E-state index contributed by atoms with van der Waals surface area (Å²) in [5, 5.41) is 4.31. The Balaban J connectivity index is 1.24. The van der Waals surface area contributed by atoms with E-state index >= 15 is 0 Å². The lowest BCUT2D eigenvalue weighted by Gasteiger charge is -2.35. The fourth-order valence-electron chi connectivity index (χ4n) is 6.46. The third-order valence-electron chi connectivity index (χ3n) is 8.41. The first-order valence-corrected chi connectivity index (χ1v) is 15.6. The van der Waals surface area contributed by atoms with Gasteiger partial charge in [0.05, 0.1) is 17.3 Å². The van der Waals surface area contributed by atoms with Crippen LogP contribution >= 0.6 is 7.26 Å². The van der Waals surface area contributed by atoms with Crippen molar-refractivity contribution in [1.82, 2.24) is 4.90 Å². The van der Waals surface area contributed by atoms with Crippen molar-refractivity contribution in [2.45, 2.75) is 25.7 Å². The first-order chi connectivity index (χ1) is 18.7. The lowest BCUT2D eigenvalue weighted by molar-refractivity contribution is 0.0612. The van der Waals surface area contributed by atoms with E-state index < -0.39 is 7.26 Å². The minimum absolute atomic E-state index is 0.130. The van der Waals surface area contributed by atoms with E-state index in [9.17, 15) is 9.59 Å². The van der Waals surface area contributed by atoms with Gasteiger partial charge in [0.2, 0.25) is 0 Å². The van der Waals surface area contributed by atoms with Crippen molar-refractivity contribution in [3.63, 3.8) is 0 Å². The molecule has 0 radical (unpaired) electrons. The average molecular weight is 519 g/mol. The Morgan fingerprint density at radius 2 is 0.895 bits per heavy atom. The molecular formula is C34H33NO2P+. The summed E-state index contributed by atoms with van der Waals surface area (Å²) in [5.41, 5.74) is 1.10. The molecule has 0 aromatic heterocycles. The molecule has 6 rings (SSSR count). The number of hydrogen-bond donors (Lipinski definition) is 0. The predicted octanol–water partition coefficient (Wildman–Crippen LogP) is 6.08. The summed E-state index contributed by atoms with van der Waals surface area (Å²) in [4.78, 5) is 27.3. The van der Waals surface area contributed by atoms with Gasteiger partial charge in [-0.25, -0.2) is 0 Å². The highest BCUT2D eigenvalue weighted by Crippen LogP contribution is 2.58. The molecule has 1 aliphatic carbocycles. The van der Waals surface area contributed by atoms with Crippen LogP contribution in [0.4, 0.5) is 0 Å². The first-order valence-electron chi connectivity index (χ1n) is 13.7. The smallest absolute Gasteiger partial charge is 0.261 e. The normalized spacial score (nSPS) is 19.4. The van der Waals surface area contributed by atoms with Crippen LogP contribution < -0.4 is 15.9 Å². The van der Waals surface area contributed by atoms with E-state index in [0.29, 0.717) is 29.5 Å². The largest absolute Gasteiger partial charge is 0.274 e. The van der Waals surface area contributed by atoms with Crippen molar-refractivity contribution < 1.29 is 9.59 Å². The number of benzene rings is 4. The molecule has 2 amide bonds. The van der Waals surface area contributed by atoms with Crippen molar-refractivity contribution in [2.24, 2.45) is 11.8 Å². The molecule has 3 nitrogen and oxygen atoms in total. The summed E-state index contributed by atoms with van der Waals surface area (Å²) >= 11 is 0. The Kier molecular flexibility index (Phi) is 6.96. The molecular weight excluding hydrogens is 485 g/mol. The second-order valence-corrected chi connectivity index (χ2v) is 14.2. The molecule has 1 heterocycles. The number of carbonyl (C=O) groups is 2. The fourth-order valence-corrected chi connectivity index (χ4v) is 11.2. The minimum Gasteiger partial charge on any atom is -0.274 e. The number of nitrogens with zero attached hydrogens (tertiary/aromatic N) is 1. The SMILES string of the molecule is O=C1c2ccccc2C(=O)N1CC1CCC(C[P+](c2ccccc2)(c2ccccc2)c2ccccc2)CC1. The zero-order chi connectivity index (χ0) is 26.0. The summed E-state index contributed by atoms with van der Waals surface area (Å²) in [5.74, 6) is 0.707. The second kappa shape index (κ2) is 10.7. The maximum atomic E-state index is 12.9. The molecule has 4 aromatic carbocycles. The van der Waals surface area contributed by atoms with E-state index in [0.717, 1.165) is 31.8 Å². The van der Waals surface area contributed by atoms with Gasteiger partial charge in [-0.05, 0) is 86.1 Å². The Hall–Kier alpha value is -3.55. The van der Waals surface area contributed by atoms with Crippen LogP contribution in [-0.4, -0.2) is 29.4 Å². The van der Waals surface area contributed by atoms with Gasteiger partial charge in [-0.1, -0.05) is 66.7 Å². The first kappa shape index (κ1) is 24.8. The van der Waals surface area contributed by atoms with Gasteiger partial charge in [0.25, 0.3) is 11.8 Å². The van der Waals surface area contributed by atoms with Crippen molar-refractivity contribution in [3.05, 3.63) is 126 Å². The number of carbonyl (C=O) groups excluding carboxylic acids is 2. The number of rotatable bonds is 7. The van der Waals surface area contributed by atoms with Crippen LogP contribution in [0.5, 0.6) is 0 Å². The van der Waals surface area contributed by atoms with Gasteiger partial charge in [0, 0.05) is 6.54 Å². The maximum Gasteiger partial charge on any atom is 0.261 e. The zero-order valence-electron chi connectivity index (χ0n) is 21.6. The van der Waals surface area contributed by atoms with E-state index in [1.807, 2.05) is 12.1 Å². The number of amides is 2. The summed E-state index contributed by atoms with van der Waals surface area (Å²) in [6, 6.07) is 40.5. The number of imide groups is 1. The molecule has 1 fully saturated rings. The zero-order valence-corrected chi connectivity index (χ0v) is 22.5. The number of fused-ring (bicyclic) bond motifs is 1. The molecule has 0 saturated heterocycles. The van der Waals surface area contributed by atoms with Crippen molar-refractivity contribution in [3.8, 4) is 0 Å². The molecule has 0 bridgehead atoms. The maximum absolute atomic E-state index is 12.9. The van der Waals surface area contributed by atoms with E-state index in [2.05, 4.69) is 91.0 Å². The molecule has 2 aliphatic rings. The average Bonchev–Trinajstić information content (AvgIpc) is 3.23. The Labute approximate surface area is 225 Å². The fraction of sp³-hybridized carbons (Fsp3) is 0.235. The van der Waals surface area contributed by atoms with Crippen LogP contribution in [0, 0.1) is 11.8 Å². The lowest BCUT2D eigenvalue weighted by Crippen LogP contribution is -2.38. The van der Waals surface area contributed by atoms with Gasteiger partial charge in [-0.15, -0.1) is 0 Å². The molecule has 0 spiro atoms. The molecule has 0 N–H and O–H groups in total. The molecule has 1 aliphatic heterocycles. The van der Waals surface area contributed by atoms with Crippen molar-refractivity contribution >= 4 is 35.0 Å². The van der Waals surface area contributed by atoms with Gasteiger partial charge >= 0.3 is 0 Å². The van der Waals surface area contributed by atoms with E-state index in [1.165, 1.54) is 20.8 Å². The second-order valence-electron chi connectivity index (χ2n) is 10.7. The van der Waals surface area contributed by atoms with Crippen LogP contribution in [0.1, 0.15) is 46.4 Å². The predicted molar refractivity (Wildman–Crippen MR) is 157 cm³/mol. The molecule has 1 saturated carbocycles. The van der Waals surface area contributed by atoms with Crippen LogP contribution in [0.15, 0.2) is 115 Å². The van der Waals surface area contributed by atoms with E-state index in [-0.39, 0.29) is 11.8 Å². The highest BCUT2D eigenvalue weighted by atomic mass is 31.2. The highest BCUT2D eigenvalue weighted by Gasteiger charge is 2.47. The molecule has 0 unspecified atom stereocenters. The van der Waals surface area contributed by atoms with Crippen LogP contribution in [0.25, 0.3) is 0 Å². The molecule has 38 heavy (non-hydrogen) atoms. The van der Waals surface area contributed by atoms with Gasteiger partial charge in [0.15, 0.2) is 0 Å². The topological polar surface area (TPSA) is 37.4 Å². The Bertz CT molecular complexity index is 1280. The lowest BCUT2D eigenvalue weighted by atomic mass is 9.82. The van der Waals surface area contributed by atoms with Crippen molar-refractivity contribution in [1.29, 1.82) is 0 Å². The van der Waals surface area contributed by atoms with Crippen molar-refractivity contribution in [2.75, 3.05) is 12.7 Å². The highest BCUT2D eigenvalue weighted by molar-refractivity contribution is 7.95. The quantitative estimate of drug-likeness (QED) is 0.220. The van der Waals surface area contributed by atoms with Crippen LogP contribution in [-0.2, 0) is 0 Å². The summed E-state index contributed by atoms with van der Waals surface area (Å²) in [6.07, 6.45) is 5.50. The van der Waals surface area contributed by atoms with Gasteiger partial charge < -0.3 is 0 Å². The molecule has 4 aromatic rings. The monoisotopic (exact) mass is 518 g/mol. The number of hydrogen-bond acceptors (Lipinski definition) is 2. The summed E-state index contributed by atoms with van der Waals surface area (Å²) in [6.45, 7) is 0.537. The van der Waals surface area contributed by atoms with Crippen LogP contribution in [0.3, 0.4) is 0 Å². The molecule has 190 valence electrons. The van der Waals surface area contributed by atoms with Gasteiger partial charge in [-0.3, -0.25) is 14.5 Å². The third kappa shape index (κ3) is 4.50. The molecule has 0 atom stereocenters. The van der Waals surface area contributed by atoms with Gasteiger partial charge in [-0.2, -0.15) is 0 Å². The third-order valence-corrected chi connectivity index (χ3v) is 13.0.